The van der Waals surface area contributed by atoms with Crippen LogP contribution < -0.4 is 5.19 Å². The number of rotatable bonds is 4. The molecule has 1 aromatic rings. The van der Waals surface area contributed by atoms with Gasteiger partial charge in [-0.3, -0.25) is 0 Å². The van der Waals surface area contributed by atoms with Crippen molar-refractivity contribution in [2.45, 2.75) is 26.1 Å². The van der Waals surface area contributed by atoms with Crippen LogP contribution in [0.3, 0.4) is 0 Å². The molecule has 82 valence electrons. The zero-order chi connectivity index (χ0) is 11.3. The molecule has 0 spiro atoms. The van der Waals surface area contributed by atoms with E-state index in [9.17, 15) is 0 Å². The molecule has 2 heteroatoms. The summed E-state index contributed by atoms with van der Waals surface area (Å²) in [6.45, 7) is 7.12. The lowest BCUT2D eigenvalue weighted by atomic mass is 10.2. The van der Waals surface area contributed by atoms with Gasteiger partial charge in [-0.1, -0.05) is 61.2 Å². The van der Waals surface area contributed by atoms with Crippen molar-refractivity contribution in [2.24, 2.45) is 0 Å². The second-order valence-corrected chi connectivity index (χ2v) is 10.3. The molecule has 1 aromatic carbocycles. The van der Waals surface area contributed by atoms with Crippen LogP contribution in [0, 0.1) is 0 Å². The van der Waals surface area contributed by atoms with Gasteiger partial charge < -0.3 is 0 Å². The van der Waals surface area contributed by atoms with Gasteiger partial charge in [0.25, 0.3) is 0 Å². The summed E-state index contributed by atoms with van der Waals surface area (Å²) < 4.78 is 0. The molecule has 0 aliphatic rings. The van der Waals surface area contributed by atoms with Crippen molar-refractivity contribution in [3.8, 4) is 0 Å². The largest absolute Gasteiger partial charge is 0.179 e. The molecule has 0 fully saturated rings. The van der Waals surface area contributed by atoms with Crippen LogP contribution in [0.15, 0.2) is 30.3 Å². The molecule has 0 radical (unpaired) electrons. The third-order valence-corrected chi connectivity index (χ3v) is 4.71. The van der Waals surface area contributed by atoms with Crippen LogP contribution in [-0.2, 0) is 0 Å². The van der Waals surface area contributed by atoms with Crippen LogP contribution in [-0.4, -0.2) is 13.8 Å². The summed E-state index contributed by atoms with van der Waals surface area (Å²) in [6, 6.07) is 8.96. The van der Waals surface area contributed by atoms with E-state index < -0.39 is 8.07 Å². The molecular formula is C13H20SSi. The van der Waals surface area contributed by atoms with Gasteiger partial charge in [0.2, 0.25) is 0 Å². The van der Waals surface area contributed by atoms with Crippen LogP contribution in [0.5, 0.6) is 0 Å². The van der Waals surface area contributed by atoms with Gasteiger partial charge in [0.15, 0.2) is 0 Å². The van der Waals surface area contributed by atoms with Crippen molar-refractivity contribution in [1.29, 1.82) is 0 Å². The Morgan fingerprint density at radius 1 is 1.13 bits per heavy atom. The maximum absolute atomic E-state index is 4.18. The van der Waals surface area contributed by atoms with Crippen LogP contribution in [0.4, 0.5) is 0 Å². The van der Waals surface area contributed by atoms with E-state index >= 15 is 0 Å². The minimum Gasteiger partial charge on any atom is -0.179 e. The lowest BCUT2D eigenvalue weighted by Gasteiger charge is -2.16. The summed E-state index contributed by atoms with van der Waals surface area (Å²) in [5, 5.41) is 1.52. The lowest BCUT2D eigenvalue weighted by molar-refractivity contribution is 1.26. The first kappa shape index (κ1) is 12.6. The second-order valence-electron chi connectivity index (χ2n) is 4.79. The molecule has 0 heterocycles. The summed E-state index contributed by atoms with van der Waals surface area (Å²) >= 11 is 4.18. The Morgan fingerprint density at radius 3 is 2.20 bits per heavy atom. The summed E-state index contributed by atoms with van der Waals surface area (Å²) in [7, 11) is -1.13. The number of hydrogen-bond donors (Lipinski definition) is 1. The SMILES string of the molecule is C[Si](C)(C)c1ccc(C=CCCS)cc1. The van der Waals surface area contributed by atoms with Gasteiger partial charge in [0.1, 0.15) is 0 Å². The smallest absolute Gasteiger partial charge is 0.0775 e. The van der Waals surface area contributed by atoms with Crippen molar-refractivity contribution in [3.05, 3.63) is 35.9 Å². The molecule has 0 saturated carbocycles. The van der Waals surface area contributed by atoms with Crippen molar-refractivity contribution in [2.75, 3.05) is 5.75 Å². The Kier molecular flexibility index (Phi) is 4.67. The van der Waals surface area contributed by atoms with Crippen molar-refractivity contribution >= 4 is 32.0 Å². The quantitative estimate of drug-likeness (QED) is 0.600. The van der Waals surface area contributed by atoms with Crippen LogP contribution >= 0.6 is 12.6 Å². The lowest BCUT2D eigenvalue weighted by Crippen LogP contribution is -2.37. The minimum absolute atomic E-state index is 0.920. The van der Waals surface area contributed by atoms with Gasteiger partial charge >= 0.3 is 0 Å². The van der Waals surface area contributed by atoms with E-state index in [-0.39, 0.29) is 0 Å². The first-order chi connectivity index (χ1) is 7.04. The molecule has 0 bridgehead atoms. The second kappa shape index (κ2) is 5.57. The van der Waals surface area contributed by atoms with Crippen molar-refractivity contribution in [3.63, 3.8) is 0 Å². The van der Waals surface area contributed by atoms with Crippen molar-refractivity contribution < 1.29 is 0 Å². The van der Waals surface area contributed by atoms with E-state index in [2.05, 4.69) is 68.7 Å². The number of allylic oxidation sites excluding steroid dienone is 1. The highest BCUT2D eigenvalue weighted by molar-refractivity contribution is 7.80. The van der Waals surface area contributed by atoms with Crippen molar-refractivity contribution in [1.82, 2.24) is 0 Å². The topological polar surface area (TPSA) is 0 Å². The van der Waals surface area contributed by atoms with E-state index in [1.807, 2.05) is 0 Å². The highest BCUT2D eigenvalue weighted by atomic mass is 32.1. The fourth-order valence-electron chi connectivity index (χ4n) is 1.39. The molecule has 0 unspecified atom stereocenters. The third-order valence-electron chi connectivity index (χ3n) is 2.38. The predicted molar refractivity (Wildman–Crippen MR) is 76.9 cm³/mol. The number of benzene rings is 1. The van der Waals surface area contributed by atoms with Gasteiger partial charge in [-0.15, -0.1) is 0 Å². The molecule has 0 aliphatic carbocycles. The Balaban J connectivity index is 2.73. The monoisotopic (exact) mass is 236 g/mol. The summed E-state index contributed by atoms with van der Waals surface area (Å²) in [5.41, 5.74) is 1.29. The molecule has 0 N–H and O–H groups in total. The number of hydrogen-bond acceptors (Lipinski definition) is 1. The van der Waals surface area contributed by atoms with Crippen LogP contribution in [0.2, 0.25) is 19.6 Å². The Labute approximate surface area is 99.8 Å². The number of thiol groups is 1. The summed E-state index contributed by atoms with van der Waals surface area (Å²) in [5.74, 6) is 0.920. The van der Waals surface area contributed by atoms with Gasteiger partial charge in [0, 0.05) is 0 Å². The highest BCUT2D eigenvalue weighted by Crippen LogP contribution is 2.06. The molecule has 0 amide bonds. The zero-order valence-corrected chi connectivity index (χ0v) is 11.7. The third kappa shape index (κ3) is 4.27. The molecule has 0 saturated heterocycles. The van der Waals surface area contributed by atoms with E-state index in [1.165, 1.54) is 10.8 Å². The Bertz CT molecular complexity index is 319. The normalized spacial score (nSPS) is 12.3. The standard InChI is InChI=1S/C13H20SSi/c1-15(2,3)13-9-7-12(8-10-13)6-4-5-11-14/h4,6-10,14H,5,11H2,1-3H3. The first-order valence-corrected chi connectivity index (χ1v) is 9.55. The Hall–Kier alpha value is -0.473. The average molecular weight is 236 g/mol. The highest BCUT2D eigenvalue weighted by Gasteiger charge is 2.15. The van der Waals surface area contributed by atoms with E-state index in [1.54, 1.807) is 0 Å². The molecule has 1 rings (SSSR count). The predicted octanol–water partition coefficient (Wildman–Crippen LogP) is 3.56. The summed E-state index contributed by atoms with van der Waals surface area (Å²) in [6.07, 6.45) is 5.39. The van der Waals surface area contributed by atoms with Gasteiger partial charge in [-0.2, -0.15) is 12.6 Å². The summed E-state index contributed by atoms with van der Waals surface area (Å²) in [4.78, 5) is 0. The Morgan fingerprint density at radius 2 is 1.73 bits per heavy atom. The minimum atomic E-state index is -1.13. The average Bonchev–Trinajstić information content (AvgIpc) is 2.18. The van der Waals surface area contributed by atoms with E-state index in [0.717, 1.165) is 12.2 Å². The van der Waals surface area contributed by atoms with Crippen LogP contribution in [0.1, 0.15) is 12.0 Å². The van der Waals surface area contributed by atoms with Gasteiger partial charge in [-0.25, -0.2) is 0 Å². The molecular weight excluding hydrogens is 216 g/mol. The molecule has 0 atom stereocenters. The van der Waals surface area contributed by atoms with Gasteiger partial charge in [-0.05, 0) is 17.7 Å². The van der Waals surface area contributed by atoms with Gasteiger partial charge in [0.05, 0.1) is 8.07 Å². The molecule has 15 heavy (non-hydrogen) atoms. The fraction of sp³-hybridized carbons (Fsp3) is 0.385. The maximum atomic E-state index is 4.18. The van der Waals surface area contributed by atoms with E-state index in [4.69, 9.17) is 0 Å². The van der Waals surface area contributed by atoms with E-state index in [0.29, 0.717) is 0 Å². The first-order valence-electron chi connectivity index (χ1n) is 5.42. The molecule has 0 aliphatic heterocycles. The molecule has 0 nitrogen and oxygen atoms in total. The zero-order valence-electron chi connectivity index (χ0n) is 9.83. The molecule has 0 aromatic heterocycles. The maximum Gasteiger partial charge on any atom is 0.0775 e. The fourth-order valence-corrected chi connectivity index (χ4v) is 2.70. The van der Waals surface area contributed by atoms with Crippen LogP contribution in [0.25, 0.3) is 6.08 Å².